The zero-order valence-electron chi connectivity index (χ0n) is 10.1. The molecule has 2 amide bonds. The van der Waals surface area contributed by atoms with Gasteiger partial charge in [-0.25, -0.2) is 4.79 Å². The largest absolute Gasteiger partial charge is 0.481 e. The molecule has 2 fully saturated rings. The maximum absolute atomic E-state index is 11.9. The van der Waals surface area contributed by atoms with E-state index in [2.05, 4.69) is 5.32 Å². The first kappa shape index (κ1) is 13.3. The van der Waals surface area contributed by atoms with Crippen molar-refractivity contribution in [3.05, 3.63) is 0 Å². The third kappa shape index (κ3) is 3.22. The monoisotopic (exact) mass is 274 g/mol. The molecule has 2 atom stereocenters. The first-order chi connectivity index (χ1) is 8.56. The van der Waals surface area contributed by atoms with Crippen molar-refractivity contribution < 1.29 is 18.9 Å². The maximum atomic E-state index is 11.9. The van der Waals surface area contributed by atoms with Gasteiger partial charge in [0.15, 0.2) is 0 Å². The molecule has 2 aliphatic rings. The van der Waals surface area contributed by atoms with Crippen LogP contribution in [0.5, 0.6) is 0 Å². The Morgan fingerprint density at radius 3 is 2.44 bits per heavy atom. The van der Waals surface area contributed by atoms with E-state index in [0.29, 0.717) is 37.4 Å². The summed E-state index contributed by atoms with van der Waals surface area (Å²) < 4.78 is 11.2. The SMILES string of the molecule is O=C(O)C1CCC(NC(=O)N2CCS(=O)CC2)C1. The third-order valence-electron chi connectivity index (χ3n) is 3.57. The molecule has 1 heterocycles. The van der Waals surface area contributed by atoms with Gasteiger partial charge in [-0.15, -0.1) is 0 Å². The molecule has 0 aromatic heterocycles. The van der Waals surface area contributed by atoms with E-state index in [1.165, 1.54) is 0 Å². The summed E-state index contributed by atoms with van der Waals surface area (Å²) in [6, 6.07) is -0.186. The summed E-state index contributed by atoms with van der Waals surface area (Å²) in [4.78, 5) is 24.4. The van der Waals surface area contributed by atoms with Gasteiger partial charge in [-0.1, -0.05) is 0 Å². The number of nitrogens with zero attached hydrogens (tertiary/aromatic N) is 1. The predicted octanol–water partition coefficient (Wildman–Crippen LogP) is 0.0136. The average molecular weight is 274 g/mol. The fraction of sp³-hybridized carbons (Fsp3) is 0.818. The number of urea groups is 1. The van der Waals surface area contributed by atoms with Crippen molar-refractivity contribution in [3.8, 4) is 0 Å². The molecule has 1 saturated heterocycles. The van der Waals surface area contributed by atoms with E-state index < -0.39 is 16.8 Å². The van der Waals surface area contributed by atoms with Crippen molar-refractivity contribution >= 4 is 22.8 Å². The normalized spacial score (nSPS) is 29.2. The Morgan fingerprint density at radius 2 is 1.89 bits per heavy atom. The number of aliphatic carboxylic acids is 1. The van der Waals surface area contributed by atoms with E-state index in [1.54, 1.807) is 4.90 Å². The van der Waals surface area contributed by atoms with Gasteiger partial charge in [0.1, 0.15) is 0 Å². The standard InChI is InChI=1S/C11H18N2O4S/c14-10(15)8-1-2-9(7-8)12-11(16)13-3-5-18(17)6-4-13/h8-9H,1-7H2,(H,12,16)(H,14,15). The van der Waals surface area contributed by atoms with Crippen LogP contribution in [-0.2, 0) is 15.6 Å². The molecule has 1 aliphatic heterocycles. The molecular formula is C11H18N2O4S. The van der Waals surface area contributed by atoms with E-state index >= 15 is 0 Å². The highest BCUT2D eigenvalue weighted by Gasteiger charge is 2.31. The minimum atomic E-state index is -0.793. The average Bonchev–Trinajstić information content (AvgIpc) is 2.78. The highest BCUT2D eigenvalue weighted by molar-refractivity contribution is 7.85. The van der Waals surface area contributed by atoms with E-state index in [1.807, 2.05) is 0 Å². The number of hydrogen-bond donors (Lipinski definition) is 2. The zero-order valence-corrected chi connectivity index (χ0v) is 10.9. The molecule has 2 rings (SSSR count). The molecule has 0 bridgehead atoms. The van der Waals surface area contributed by atoms with E-state index in [0.717, 1.165) is 6.42 Å². The third-order valence-corrected chi connectivity index (χ3v) is 4.85. The van der Waals surface area contributed by atoms with E-state index in [9.17, 15) is 13.8 Å². The summed E-state index contributed by atoms with van der Waals surface area (Å²) in [6.45, 7) is 1.04. The Kier molecular flexibility index (Phi) is 4.21. The fourth-order valence-electron chi connectivity index (χ4n) is 2.44. The first-order valence-corrected chi connectivity index (χ1v) is 7.68. The quantitative estimate of drug-likeness (QED) is 0.743. The van der Waals surface area contributed by atoms with E-state index in [4.69, 9.17) is 5.11 Å². The number of carboxylic acids is 1. The lowest BCUT2D eigenvalue weighted by Crippen LogP contribution is -2.49. The summed E-state index contributed by atoms with van der Waals surface area (Å²) in [5, 5.41) is 11.8. The Hall–Kier alpha value is -1.11. The van der Waals surface area contributed by atoms with Gasteiger partial charge < -0.3 is 15.3 Å². The van der Waals surface area contributed by atoms with Crippen LogP contribution in [0.25, 0.3) is 0 Å². The Labute approximate surface area is 108 Å². The zero-order chi connectivity index (χ0) is 13.1. The van der Waals surface area contributed by atoms with Gasteiger partial charge in [0.25, 0.3) is 0 Å². The summed E-state index contributed by atoms with van der Waals surface area (Å²) >= 11 is 0. The van der Waals surface area contributed by atoms with Crippen LogP contribution in [0, 0.1) is 5.92 Å². The van der Waals surface area contributed by atoms with Crippen molar-refractivity contribution in [2.75, 3.05) is 24.6 Å². The molecule has 6 nitrogen and oxygen atoms in total. The minimum absolute atomic E-state index is 0.0361. The number of carbonyl (C=O) groups is 2. The Morgan fingerprint density at radius 1 is 1.22 bits per heavy atom. The summed E-state index contributed by atoms with van der Waals surface area (Å²) in [5.41, 5.74) is 0. The Bertz CT molecular complexity index is 364. The highest BCUT2D eigenvalue weighted by atomic mass is 32.2. The van der Waals surface area contributed by atoms with Crippen molar-refractivity contribution in [3.63, 3.8) is 0 Å². The number of amides is 2. The molecule has 2 unspecified atom stereocenters. The summed E-state index contributed by atoms with van der Waals surface area (Å²) in [6.07, 6.45) is 1.87. The van der Waals surface area contributed by atoms with Crippen LogP contribution in [0.4, 0.5) is 4.79 Å². The number of rotatable bonds is 2. The smallest absolute Gasteiger partial charge is 0.317 e. The van der Waals surface area contributed by atoms with Gasteiger partial charge in [-0.3, -0.25) is 9.00 Å². The summed E-state index contributed by atoms with van der Waals surface area (Å²) in [5.74, 6) is -0.0321. The van der Waals surface area contributed by atoms with Crippen LogP contribution < -0.4 is 5.32 Å². The van der Waals surface area contributed by atoms with Crippen LogP contribution in [0.2, 0.25) is 0 Å². The van der Waals surface area contributed by atoms with Gasteiger partial charge in [-0.2, -0.15) is 0 Å². The molecule has 0 aromatic rings. The fourth-order valence-corrected chi connectivity index (χ4v) is 3.50. The van der Waals surface area contributed by atoms with Crippen molar-refractivity contribution in [1.29, 1.82) is 0 Å². The summed E-state index contributed by atoms with van der Waals surface area (Å²) in [7, 11) is -0.793. The van der Waals surface area contributed by atoms with Crippen LogP contribution in [0.15, 0.2) is 0 Å². The maximum Gasteiger partial charge on any atom is 0.317 e. The Balaban J connectivity index is 1.78. The second-order valence-corrected chi connectivity index (χ2v) is 6.53. The van der Waals surface area contributed by atoms with Gasteiger partial charge in [0.05, 0.1) is 5.92 Å². The molecule has 0 spiro atoms. The molecule has 0 aromatic carbocycles. The van der Waals surface area contributed by atoms with Crippen molar-refractivity contribution in [1.82, 2.24) is 10.2 Å². The first-order valence-electron chi connectivity index (χ1n) is 6.19. The second kappa shape index (κ2) is 5.69. The lowest BCUT2D eigenvalue weighted by atomic mass is 10.1. The molecule has 7 heteroatoms. The molecule has 1 saturated carbocycles. The lowest BCUT2D eigenvalue weighted by molar-refractivity contribution is -0.141. The second-order valence-electron chi connectivity index (χ2n) is 4.83. The van der Waals surface area contributed by atoms with E-state index in [-0.39, 0.29) is 18.0 Å². The van der Waals surface area contributed by atoms with Crippen LogP contribution in [-0.4, -0.2) is 56.9 Å². The lowest BCUT2D eigenvalue weighted by Gasteiger charge is -2.28. The van der Waals surface area contributed by atoms with Gasteiger partial charge >= 0.3 is 12.0 Å². The number of carbonyl (C=O) groups excluding carboxylic acids is 1. The number of hydrogen-bond acceptors (Lipinski definition) is 3. The van der Waals surface area contributed by atoms with Crippen LogP contribution in [0.3, 0.4) is 0 Å². The molecule has 2 N–H and O–H groups in total. The van der Waals surface area contributed by atoms with Gasteiger partial charge in [0, 0.05) is 41.4 Å². The minimum Gasteiger partial charge on any atom is -0.481 e. The van der Waals surface area contributed by atoms with Gasteiger partial charge in [0.2, 0.25) is 0 Å². The number of nitrogens with one attached hydrogen (secondary N) is 1. The molecule has 0 radical (unpaired) electrons. The molecule has 1 aliphatic carbocycles. The molecule has 102 valence electrons. The topological polar surface area (TPSA) is 86.7 Å². The van der Waals surface area contributed by atoms with Crippen molar-refractivity contribution in [2.45, 2.75) is 25.3 Å². The van der Waals surface area contributed by atoms with Crippen LogP contribution >= 0.6 is 0 Å². The van der Waals surface area contributed by atoms with Crippen molar-refractivity contribution in [2.24, 2.45) is 5.92 Å². The van der Waals surface area contributed by atoms with Gasteiger partial charge in [-0.05, 0) is 19.3 Å². The van der Waals surface area contributed by atoms with Crippen LogP contribution in [0.1, 0.15) is 19.3 Å². The molecular weight excluding hydrogens is 256 g/mol. The highest BCUT2D eigenvalue weighted by Crippen LogP contribution is 2.25. The number of carboxylic acid groups (broad SMARTS) is 1. The predicted molar refractivity (Wildman–Crippen MR) is 66.7 cm³/mol. The molecule has 18 heavy (non-hydrogen) atoms.